The minimum absolute atomic E-state index is 0.192. The Kier molecular flexibility index (Phi) is 5.74. The van der Waals surface area contributed by atoms with Crippen molar-refractivity contribution < 1.29 is 4.39 Å². The van der Waals surface area contributed by atoms with Gasteiger partial charge in [-0.05, 0) is 19.7 Å². The van der Waals surface area contributed by atoms with Crippen LogP contribution in [0.3, 0.4) is 0 Å². The second kappa shape index (κ2) is 6.84. The van der Waals surface area contributed by atoms with Crippen LogP contribution in [-0.2, 0) is 6.54 Å². The van der Waals surface area contributed by atoms with Crippen LogP contribution in [0.2, 0.25) is 5.02 Å². The summed E-state index contributed by atoms with van der Waals surface area (Å²) in [7, 11) is 1.97. The van der Waals surface area contributed by atoms with Gasteiger partial charge in [-0.1, -0.05) is 30.7 Å². The molecule has 0 saturated heterocycles. The average Bonchev–Trinajstić information content (AvgIpc) is 2.25. The number of likely N-dealkylation sites (N-methyl/N-ethyl adjacent to an activating group) is 2. The van der Waals surface area contributed by atoms with Gasteiger partial charge < -0.3 is 10.2 Å². The summed E-state index contributed by atoms with van der Waals surface area (Å²) in [5.74, 6) is -0.306. The minimum Gasteiger partial charge on any atom is -0.316 e. The van der Waals surface area contributed by atoms with E-state index < -0.39 is 0 Å². The lowest BCUT2D eigenvalue weighted by atomic mass is 10.2. The Hall–Kier alpha value is -0.640. The number of benzene rings is 1. The smallest absolute Gasteiger partial charge is 0.146 e. The summed E-state index contributed by atoms with van der Waals surface area (Å²) >= 11 is 5.72. The van der Waals surface area contributed by atoms with Gasteiger partial charge in [-0.2, -0.15) is 0 Å². The Morgan fingerprint density at radius 2 is 2.19 bits per heavy atom. The largest absolute Gasteiger partial charge is 0.316 e. The molecule has 4 heteroatoms. The van der Waals surface area contributed by atoms with Gasteiger partial charge in [-0.15, -0.1) is 0 Å². The molecule has 0 unspecified atom stereocenters. The molecule has 2 nitrogen and oxygen atoms in total. The molecule has 0 aliphatic carbocycles. The molecule has 1 aromatic rings. The lowest BCUT2D eigenvalue weighted by Gasteiger charge is -2.17. The van der Waals surface area contributed by atoms with Crippen molar-refractivity contribution in [2.75, 3.05) is 26.7 Å². The molecule has 0 fully saturated rings. The van der Waals surface area contributed by atoms with Crippen molar-refractivity contribution in [1.29, 1.82) is 0 Å². The molecule has 1 aromatic carbocycles. The molecule has 0 saturated carbocycles. The van der Waals surface area contributed by atoms with Crippen molar-refractivity contribution in [3.05, 3.63) is 34.6 Å². The Balaban J connectivity index is 2.49. The second-order valence-electron chi connectivity index (χ2n) is 3.80. The van der Waals surface area contributed by atoms with Gasteiger partial charge in [0, 0.05) is 25.2 Å². The lowest BCUT2D eigenvalue weighted by molar-refractivity contribution is 0.320. The molecule has 1 N–H and O–H groups in total. The standard InChI is InChI=1S/C12H18ClFN2/c1-3-15-7-8-16(2)9-10-5-4-6-11(13)12(10)14/h4-6,15H,3,7-9H2,1-2H3. The van der Waals surface area contributed by atoms with Crippen molar-refractivity contribution in [1.82, 2.24) is 10.2 Å². The van der Waals surface area contributed by atoms with E-state index in [1.165, 1.54) is 0 Å². The summed E-state index contributed by atoms with van der Waals surface area (Å²) in [4.78, 5) is 2.07. The molecule has 0 radical (unpaired) electrons. The summed E-state index contributed by atoms with van der Waals surface area (Å²) in [6.45, 7) is 5.41. The Labute approximate surface area is 101 Å². The highest BCUT2D eigenvalue weighted by molar-refractivity contribution is 6.30. The van der Waals surface area contributed by atoms with Crippen molar-refractivity contribution in [2.45, 2.75) is 13.5 Å². The maximum absolute atomic E-state index is 13.6. The molecule has 0 amide bonds. The van der Waals surface area contributed by atoms with E-state index in [-0.39, 0.29) is 10.8 Å². The van der Waals surface area contributed by atoms with Gasteiger partial charge in [0.2, 0.25) is 0 Å². The van der Waals surface area contributed by atoms with E-state index in [1.807, 2.05) is 7.05 Å². The number of nitrogens with zero attached hydrogens (tertiary/aromatic N) is 1. The maximum Gasteiger partial charge on any atom is 0.146 e. The number of halogens is 2. The van der Waals surface area contributed by atoms with E-state index in [0.717, 1.165) is 19.6 Å². The zero-order valence-electron chi connectivity index (χ0n) is 9.76. The molecular formula is C12H18ClFN2. The van der Waals surface area contributed by atoms with Gasteiger partial charge in [0.15, 0.2) is 0 Å². The predicted molar refractivity (Wildman–Crippen MR) is 66.3 cm³/mol. The summed E-state index contributed by atoms with van der Waals surface area (Å²) in [6, 6.07) is 5.11. The van der Waals surface area contributed by atoms with Gasteiger partial charge in [0.05, 0.1) is 5.02 Å². The highest BCUT2D eigenvalue weighted by Gasteiger charge is 2.08. The van der Waals surface area contributed by atoms with Crippen LogP contribution in [0.1, 0.15) is 12.5 Å². The SMILES string of the molecule is CCNCCN(C)Cc1cccc(Cl)c1F. The summed E-state index contributed by atoms with van der Waals surface area (Å²) < 4.78 is 13.6. The van der Waals surface area contributed by atoms with Crippen LogP contribution in [0.25, 0.3) is 0 Å². The Morgan fingerprint density at radius 3 is 2.88 bits per heavy atom. The Morgan fingerprint density at radius 1 is 1.44 bits per heavy atom. The lowest BCUT2D eigenvalue weighted by Crippen LogP contribution is -2.29. The first kappa shape index (κ1) is 13.4. The quantitative estimate of drug-likeness (QED) is 0.774. The van der Waals surface area contributed by atoms with E-state index in [1.54, 1.807) is 18.2 Å². The summed E-state index contributed by atoms with van der Waals surface area (Å²) in [6.07, 6.45) is 0. The summed E-state index contributed by atoms with van der Waals surface area (Å²) in [5, 5.41) is 3.42. The number of hydrogen-bond acceptors (Lipinski definition) is 2. The van der Waals surface area contributed by atoms with E-state index in [2.05, 4.69) is 17.1 Å². The highest BCUT2D eigenvalue weighted by Crippen LogP contribution is 2.18. The number of nitrogens with one attached hydrogen (secondary N) is 1. The zero-order valence-corrected chi connectivity index (χ0v) is 10.5. The molecule has 1 rings (SSSR count). The molecule has 0 bridgehead atoms. The first-order valence-electron chi connectivity index (χ1n) is 5.47. The van der Waals surface area contributed by atoms with Crippen molar-refractivity contribution in [3.63, 3.8) is 0 Å². The Bertz CT molecular complexity index is 331. The first-order chi connectivity index (χ1) is 7.65. The third kappa shape index (κ3) is 4.08. The van der Waals surface area contributed by atoms with Gasteiger partial charge in [0.1, 0.15) is 5.82 Å². The third-order valence-corrected chi connectivity index (χ3v) is 2.68. The van der Waals surface area contributed by atoms with Crippen LogP contribution < -0.4 is 5.32 Å². The van der Waals surface area contributed by atoms with Crippen LogP contribution >= 0.6 is 11.6 Å². The monoisotopic (exact) mass is 244 g/mol. The normalized spacial score (nSPS) is 11.1. The fourth-order valence-corrected chi connectivity index (χ4v) is 1.68. The molecule has 90 valence electrons. The van der Waals surface area contributed by atoms with E-state index >= 15 is 0 Å². The second-order valence-corrected chi connectivity index (χ2v) is 4.21. The van der Waals surface area contributed by atoms with Crippen molar-refractivity contribution >= 4 is 11.6 Å². The predicted octanol–water partition coefficient (Wildman–Crippen LogP) is 2.52. The number of hydrogen-bond donors (Lipinski definition) is 1. The molecule has 0 aromatic heterocycles. The van der Waals surface area contributed by atoms with Gasteiger partial charge in [-0.3, -0.25) is 0 Å². The minimum atomic E-state index is -0.306. The van der Waals surface area contributed by atoms with Crippen LogP contribution in [0, 0.1) is 5.82 Å². The molecule has 0 spiro atoms. The maximum atomic E-state index is 13.6. The molecule has 0 atom stereocenters. The van der Waals surface area contributed by atoms with Gasteiger partial charge in [-0.25, -0.2) is 4.39 Å². The molecule has 0 aliphatic rings. The molecule has 0 aliphatic heterocycles. The number of rotatable bonds is 6. The van der Waals surface area contributed by atoms with Gasteiger partial charge >= 0.3 is 0 Å². The third-order valence-electron chi connectivity index (χ3n) is 2.39. The topological polar surface area (TPSA) is 15.3 Å². The van der Waals surface area contributed by atoms with Crippen LogP contribution in [-0.4, -0.2) is 31.6 Å². The first-order valence-corrected chi connectivity index (χ1v) is 5.85. The van der Waals surface area contributed by atoms with E-state index in [0.29, 0.717) is 12.1 Å². The highest BCUT2D eigenvalue weighted by atomic mass is 35.5. The van der Waals surface area contributed by atoms with Crippen LogP contribution in [0.4, 0.5) is 4.39 Å². The fraction of sp³-hybridized carbons (Fsp3) is 0.500. The van der Waals surface area contributed by atoms with Crippen molar-refractivity contribution in [3.8, 4) is 0 Å². The van der Waals surface area contributed by atoms with E-state index in [9.17, 15) is 4.39 Å². The average molecular weight is 245 g/mol. The summed E-state index contributed by atoms with van der Waals surface area (Å²) in [5.41, 5.74) is 0.645. The molecule has 16 heavy (non-hydrogen) atoms. The molecule has 0 heterocycles. The van der Waals surface area contributed by atoms with Crippen LogP contribution in [0.15, 0.2) is 18.2 Å². The zero-order chi connectivity index (χ0) is 12.0. The van der Waals surface area contributed by atoms with Gasteiger partial charge in [0.25, 0.3) is 0 Å². The fourth-order valence-electron chi connectivity index (χ4n) is 1.49. The van der Waals surface area contributed by atoms with Crippen LogP contribution in [0.5, 0.6) is 0 Å². The van der Waals surface area contributed by atoms with Crippen molar-refractivity contribution in [2.24, 2.45) is 0 Å². The molecular weight excluding hydrogens is 227 g/mol. The van der Waals surface area contributed by atoms with E-state index in [4.69, 9.17) is 11.6 Å².